The lowest BCUT2D eigenvalue weighted by Crippen LogP contribution is -2.09. The fourth-order valence-electron chi connectivity index (χ4n) is 1.27. The predicted octanol–water partition coefficient (Wildman–Crippen LogP) is 3.80. The van der Waals surface area contributed by atoms with Crippen molar-refractivity contribution in [2.45, 2.75) is 33.8 Å². The third-order valence-electron chi connectivity index (χ3n) is 2.31. The second-order valence-electron chi connectivity index (χ2n) is 5.34. The van der Waals surface area contributed by atoms with Gasteiger partial charge in [-0.25, -0.2) is 4.79 Å². The third-order valence-corrected chi connectivity index (χ3v) is 3.34. The molecule has 0 saturated carbocycles. The van der Waals surface area contributed by atoms with Crippen LogP contribution < -0.4 is 0 Å². The summed E-state index contributed by atoms with van der Waals surface area (Å²) < 4.78 is 5.60. The fraction of sp³-hybridized carbons (Fsp3) is 0.500. The average Bonchev–Trinajstić information content (AvgIpc) is 2.68. The minimum atomic E-state index is -0.925. The van der Waals surface area contributed by atoms with Crippen molar-refractivity contribution in [3.05, 3.63) is 28.0 Å². The maximum Gasteiger partial charge on any atom is 0.328 e. The molecule has 0 aliphatic heterocycles. The fourth-order valence-corrected chi connectivity index (χ4v) is 2.12. The topological polar surface area (TPSA) is 46.5 Å². The van der Waals surface area contributed by atoms with Gasteiger partial charge in [-0.1, -0.05) is 20.8 Å². The Morgan fingerprint density at radius 3 is 2.78 bits per heavy atom. The molecule has 0 fully saturated rings. The first-order valence-corrected chi connectivity index (χ1v) is 6.76. The number of ether oxygens (including phenoxy) is 1. The van der Waals surface area contributed by atoms with E-state index in [0.717, 1.165) is 28.9 Å². The van der Waals surface area contributed by atoms with Crippen LogP contribution in [0.5, 0.6) is 0 Å². The molecule has 3 nitrogen and oxygen atoms in total. The molecule has 0 bridgehead atoms. The lowest BCUT2D eigenvalue weighted by Gasteiger charge is -2.17. The van der Waals surface area contributed by atoms with Gasteiger partial charge in [0.1, 0.15) is 0 Å². The molecular weight excluding hydrogens is 248 g/mol. The minimum absolute atomic E-state index is 0.296. The first-order valence-electron chi connectivity index (χ1n) is 5.94. The highest BCUT2D eigenvalue weighted by atomic mass is 32.1. The van der Waals surface area contributed by atoms with Crippen molar-refractivity contribution in [3.8, 4) is 0 Å². The Balaban J connectivity index is 2.34. The molecule has 1 aromatic rings. The number of carboxylic acid groups (broad SMARTS) is 1. The average molecular weight is 268 g/mol. The maximum atomic E-state index is 10.4. The second kappa shape index (κ2) is 6.71. The summed E-state index contributed by atoms with van der Waals surface area (Å²) in [6.07, 6.45) is 3.78. The molecule has 1 rings (SSSR count). The van der Waals surface area contributed by atoms with Crippen molar-refractivity contribution in [3.63, 3.8) is 0 Å². The zero-order valence-corrected chi connectivity index (χ0v) is 11.9. The quantitative estimate of drug-likeness (QED) is 0.630. The number of carbonyl (C=O) groups is 1. The Bertz CT molecular complexity index is 413. The van der Waals surface area contributed by atoms with Gasteiger partial charge in [-0.3, -0.25) is 0 Å². The predicted molar refractivity (Wildman–Crippen MR) is 74.7 cm³/mol. The van der Waals surface area contributed by atoms with Gasteiger partial charge in [-0.15, -0.1) is 11.3 Å². The molecule has 0 atom stereocenters. The lowest BCUT2D eigenvalue weighted by molar-refractivity contribution is -0.131. The standard InChI is InChI=1S/C14H20O3S/c1-14(2,3)8-9-17-10-12-5-4-11(18-12)6-7-13(15)16/h4-7H,8-10H2,1-3H3,(H,15,16). The Labute approximate surface area is 112 Å². The number of aliphatic carboxylic acids is 1. The molecule has 0 radical (unpaired) electrons. The van der Waals surface area contributed by atoms with E-state index in [9.17, 15) is 4.79 Å². The van der Waals surface area contributed by atoms with Crippen LogP contribution in [-0.2, 0) is 16.1 Å². The van der Waals surface area contributed by atoms with Gasteiger partial charge in [0, 0.05) is 22.4 Å². The van der Waals surface area contributed by atoms with E-state index in [1.807, 2.05) is 12.1 Å². The molecule has 1 heterocycles. The largest absolute Gasteiger partial charge is 0.478 e. The number of hydrogen-bond donors (Lipinski definition) is 1. The SMILES string of the molecule is CC(C)(C)CCOCc1ccc(C=CC(=O)O)s1. The molecule has 1 aromatic heterocycles. The number of thiophene rings is 1. The van der Waals surface area contributed by atoms with E-state index in [2.05, 4.69) is 20.8 Å². The van der Waals surface area contributed by atoms with Crippen molar-refractivity contribution >= 4 is 23.4 Å². The first-order chi connectivity index (χ1) is 8.37. The Morgan fingerprint density at radius 1 is 1.44 bits per heavy atom. The summed E-state index contributed by atoms with van der Waals surface area (Å²) in [5, 5.41) is 8.52. The first kappa shape index (κ1) is 14.9. The Kier molecular flexibility index (Phi) is 5.56. The summed E-state index contributed by atoms with van der Waals surface area (Å²) in [5.41, 5.74) is 0.296. The van der Waals surface area contributed by atoms with Gasteiger partial charge in [-0.2, -0.15) is 0 Å². The van der Waals surface area contributed by atoms with E-state index >= 15 is 0 Å². The zero-order chi connectivity index (χ0) is 13.6. The van der Waals surface area contributed by atoms with E-state index in [1.165, 1.54) is 0 Å². The van der Waals surface area contributed by atoms with Crippen LogP contribution in [0, 0.1) is 5.41 Å². The third kappa shape index (κ3) is 6.57. The smallest absolute Gasteiger partial charge is 0.328 e. The van der Waals surface area contributed by atoms with Crippen LogP contribution in [0.4, 0.5) is 0 Å². The summed E-state index contributed by atoms with van der Waals surface area (Å²) in [4.78, 5) is 12.4. The van der Waals surface area contributed by atoms with Crippen LogP contribution in [0.25, 0.3) is 6.08 Å². The molecule has 0 spiro atoms. The van der Waals surface area contributed by atoms with Crippen LogP contribution in [0.3, 0.4) is 0 Å². The normalized spacial score (nSPS) is 12.2. The van der Waals surface area contributed by atoms with Crippen LogP contribution in [0.1, 0.15) is 36.9 Å². The summed E-state index contributed by atoms with van der Waals surface area (Å²) >= 11 is 1.56. The monoisotopic (exact) mass is 268 g/mol. The van der Waals surface area contributed by atoms with Crippen LogP contribution in [0.15, 0.2) is 18.2 Å². The van der Waals surface area contributed by atoms with Gasteiger partial charge >= 0.3 is 5.97 Å². The highest BCUT2D eigenvalue weighted by Crippen LogP contribution is 2.21. The molecule has 0 saturated heterocycles. The summed E-state index contributed by atoms with van der Waals surface area (Å²) in [5.74, 6) is -0.925. The molecular formula is C14H20O3S. The van der Waals surface area contributed by atoms with Crippen molar-refractivity contribution in [2.24, 2.45) is 5.41 Å². The lowest BCUT2D eigenvalue weighted by atomic mass is 9.93. The van der Waals surface area contributed by atoms with E-state index in [0.29, 0.717) is 12.0 Å². The molecule has 0 aliphatic rings. The number of carboxylic acids is 1. The van der Waals surface area contributed by atoms with Crippen LogP contribution >= 0.6 is 11.3 Å². The number of hydrogen-bond acceptors (Lipinski definition) is 3. The molecule has 1 N–H and O–H groups in total. The van der Waals surface area contributed by atoms with Crippen LogP contribution in [-0.4, -0.2) is 17.7 Å². The van der Waals surface area contributed by atoms with Gasteiger partial charge in [0.05, 0.1) is 6.61 Å². The molecule has 4 heteroatoms. The Hall–Kier alpha value is -1.13. The molecule has 100 valence electrons. The van der Waals surface area contributed by atoms with Gasteiger partial charge in [0.2, 0.25) is 0 Å². The van der Waals surface area contributed by atoms with E-state index < -0.39 is 5.97 Å². The van der Waals surface area contributed by atoms with Gasteiger partial charge in [0.15, 0.2) is 0 Å². The highest BCUT2D eigenvalue weighted by molar-refractivity contribution is 7.12. The van der Waals surface area contributed by atoms with E-state index in [1.54, 1.807) is 17.4 Å². The molecule has 0 amide bonds. The Morgan fingerprint density at radius 2 is 2.17 bits per heavy atom. The summed E-state index contributed by atoms with van der Waals surface area (Å²) in [6.45, 7) is 7.92. The summed E-state index contributed by atoms with van der Waals surface area (Å²) in [7, 11) is 0. The van der Waals surface area contributed by atoms with Gasteiger partial charge in [-0.05, 0) is 30.0 Å². The van der Waals surface area contributed by atoms with Crippen molar-refractivity contribution in [1.82, 2.24) is 0 Å². The second-order valence-corrected chi connectivity index (χ2v) is 6.54. The van der Waals surface area contributed by atoms with E-state index in [-0.39, 0.29) is 0 Å². The molecule has 0 aromatic carbocycles. The van der Waals surface area contributed by atoms with Crippen molar-refractivity contribution in [2.75, 3.05) is 6.61 Å². The van der Waals surface area contributed by atoms with Crippen molar-refractivity contribution in [1.29, 1.82) is 0 Å². The van der Waals surface area contributed by atoms with Crippen LogP contribution in [0.2, 0.25) is 0 Å². The number of rotatable bonds is 6. The van der Waals surface area contributed by atoms with E-state index in [4.69, 9.17) is 9.84 Å². The molecule has 0 unspecified atom stereocenters. The van der Waals surface area contributed by atoms with Crippen molar-refractivity contribution < 1.29 is 14.6 Å². The zero-order valence-electron chi connectivity index (χ0n) is 11.1. The highest BCUT2D eigenvalue weighted by Gasteiger charge is 2.09. The summed E-state index contributed by atoms with van der Waals surface area (Å²) in [6, 6.07) is 3.88. The molecule has 0 aliphatic carbocycles. The van der Waals surface area contributed by atoms with Gasteiger partial charge < -0.3 is 9.84 Å². The van der Waals surface area contributed by atoms with Gasteiger partial charge in [0.25, 0.3) is 0 Å². The maximum absolute atomic E-state index is 10.4. The minimum Gasteiger partial charge on any atom is -0.478 e. The molecule has 18 heavy (non-hydrogen) atoms.